The normalized spacial score (nSPS) is 13.6. The first kappa shape index (κ1) is 39.7. The third kappa shape index (κ3) is 5.75. The van der Waals surface area contributed by atoms with E-state index in [-0.39, 0.29) is 10.8 Å². The van der Waals surface area contributed by atoms with Gasteiger partial charge < -0.3 is 9.32 Å². The van der Waals surface area contributed by atoms with Gasteiger partial charge in [-0.3, -0.25) is 0 Å². The van der Waals surface area contributed by atoms with Crippen molar-refractivity contribution in [1.29, 1.82) is 0 Å². The van der Waals surface area contributed by atoms with Crippen LogP contribution in [0.2, 0.25) is 0 Å². The number of rotatable bonds is 4. The van der Waals surface area contributed by atoms with Crippen molar-refractivity contribution < 1.29 is 4.42 Å². The van der Waals surface area contributed by atoms with Crippen LogP contribution in [0.15, 0.2) is 205 Å². The predicted molar refractivity (Wildman–Crippen MR) is 283 cm³/mol. The van der Waals surface area contributed by atoms with Gasteiger partial charge in [-0.1, -0.05) is 205 Å². The summed E-state index contributed by atoms with van der Waals surface area (Å²) in [5.41, 5.74) is 20.0. The standard InChI is InChI=1S/C65H51NO/c1-63(2,3)43-28-33-51-52-34-29-44(64(4,5)6)38-57(52)65(56(51)37-43)55-23-12-11-20-50(55)53-35-32-46(39-58(53)65)66(45-30-25-42(26-31-45)48-21-13-17-40-15-7-9-18-47(40)48)59-24-14-22-54-61-49-19-10-8-16-41(49)27-36-60(61)67-62(54)59/h7-39H,1-6H3. The fraction of sp³-hybridized carbons (Fsp3) is 0.138. The SMILES string of the molecule is CC(C)(C)c1ccc2c(c1)C1(c3ccccc3-c3ccc(N(c4ccc(-c5cccc6ccccc56)cc4)c4cccc5c4oc4ccc6ccccc6c45)cc31)c1cc(C(C)(C)C)ccc1-2. The quantitative estimate of drug-likeness (QED) is 0.175. The van der Waals surface area contributed by atoms with Gasteiger partial charge in [-0.2, -0.15) is 0 Å². The Morgan fingerprint density at radius 1 is 0.388 bits per heavy atom. The van der Waals surface area contributed by atoms with Gasteiger partial charge in [0.05, 0.1) is 11.1 Å². The molecule has 67 heavy (non-hydrogen) atoms. The smallest absolute Gasteiger partial charge is 0.159 e. The Labute approximate surface area is 392 Å². The fourth-order valence-corrected chi connectivity index (χ4v) is 11.7. The van der Waals surface area contributed by atoms with E-state index in [2.05, 4.69) is 247 Å². The molecule has 0 unspecified atom stereocenters. The van der Waals surface area contributed by atoms with Gasteiger partial charge in [0, 0.05) is 22.1 Å². The number of furan rings is 1. The van der Waals surface area contributed by atoms with E-state index in [0.717, 1.165) is 39.0 Å². The van der Waals surface area contributed by atoms with Crippen LogP contribution in [-0.4, -0.2) is 0 Å². The van der Waals surface area contributed by atoms with Crippen LogP contribution < -0.4 is 4.90 Å². The molecule has 10 aromatic carbocycles. The summed E-state index contributed by atoms with van der Waals surface area (Å²) in [6.07, 6.45) is 0. The molecule has 0 atom stereocenters. The lowest BCUT2D eigenvalue weighted by Gasteiger charge is -2.34. The first-order chi connectivity index (χ1) is 32.5. The van der Waals surface area contributed by atoms with Crippen LogP contribution in [-0.2, 0) is 16.2 Å². The third-order valence-electron chi connectivity index (χ3n) is 15.0. The number of hydrogen-bond donors (Lipinski definition) is 0. The summed E-state index contributed by atoms with van der Waals surface area (Å²) >= 11 is 0. The van der Waals surface area contributed by atoms with Crippen molar-refractivity contribution in [1.82, 2.24) is 0 Å². The topological polar surface area (TPSA) is 16.4 Å². The van der Waals surface area contributed by atoms with E-state index in [1.54, 1.807) is 0 Å². The second-order valence-corrected chi connectivity index (χ2v) is 20.9. The van der Waals surface area contributed by atoms with Gasteiger partial charge in [0.15, 0.2) is 5.58 Å². The largest absolute Gasteiger partial charge is 0.454 e. The summed E-state index contributed by atoms with van der Waals surface area (Å²) in [6.45, 7) is 14.0. The van der Waals surface area contributed by atoms with Crippen LogP contribution in [0.1, 0.15) is 74.9 Å². The Hall–Kier alpha value is -7.68. The first-order valence-corrected chi connectivity index (χ1v) is 23.7. The summed E-state index contributed by atoms with van der Waals surface area (Å²) in [5.74, 6) is 0. The average Bonchev–Trinajstić information content (AvgIpc) is 3.98. The Bertz CT molecular complexity index is 3760. The van der Waals surface area contributed by atoms with Gasteiger partial charge in [0.1, 0.15) is 5.58 Å². The van der Waals surface area contributed by atoms with E-state index in [1.807, 2.05) is 0 Å². The van der Waals surface area contributed by atoms with Gasteiger partial charge in [0.25, 0.3) is 0 Å². The monoisotopic (exact) mass is 861 g/mol. The Balaban J connectivity index is 1.09. The number of hydrogen-bond acceptors (Lipinski definition) is 2. The van der Waals surface area contributed by atoms with E-state index in [9.17, 15) is 0 Å². The average molecular weight is 862 g/mol. The van der Waals surface area contributed by atoms with E-state index >= 15 is 0 Å². The highest BCUT2D eigenvalue weighted by Crippen LogP contribution is 2.64. The maximum absolute atomic E-state index is 7.03. The molecule has 0 bridgehead atoms. The van der Waals surface area contributed by atoms with Crippen LogP contribution in [0.3, 0.4) is 0 Å². The lowest BCUT2D eigenvalue weighted by atomic mass is 9.68. The second-order valence-electron chi connectivity index (χ2n) is 20.9. The van der Waals surface area contributed by atoms with Crippen molar-refractivity contribution in [3.05, 3.63) is 234 Å². The zero-order valence-corrected chi connectivity index (χ0v) is 38.9. The van der Waals surface area contributed by atoms with Gasteiger partial charge in [0.2, 0.25) is 0 Å². The van der Waals surface area contributed by atoms with Crippen LogP contribution in [0.25, 0.3) is 76.9 Å². The summed E-state index contributed by atoms with van der Waals surface area (Å²) in [6, 6.07) is 75.0. The van der Waals surface area contributed by atoms with Crippen molar-refractivity contribution in [3.8, 4) is 33.4 Å². The maximum Gasteiger partial charge on any atom is 0.159 e. The lowest BCUT2D eigenvalue weighted by molar-refractivity contribution is 0.586. The summed E-state index contributed by atoms with van der Waals surface area (Å²) in [7, 11) is 0. The van der Waals surface area contributed by atoms with E-state index in [1.165, 1.54) is 88.3 Å². The van der Waals surface area contributed by atoms with Crippen molar-refractivity contribution >= 4 is 60.5 Å². The zero-order chi connectivity index (χ0) is 45.4. The summed E-state index contributed by atoms with van der Waals surface area (Å²) in [4.78, 5) is 2.44. The molecule has 0 saturated heterocycles. The molecule has 0 saturated carbocycles. The van der Waals surface area contributed by atoms with Gasteiger partial charge >= 0.3 is 0 Å². The minimum atomic E-state index is -0.538. The molecule has 0 amide bonds. The molecule has 322 valence electrons. The van der Waals surface area contributed by atoms with Gasteiger partial charge in [-0.15, -0.1) is 0 Å². The van der Waals surface area contributed by atoms with E-state index < -0.39 is 5.41 Å². The van der Waals surface area contributed by atoms with Crippen LogP contribution in [0.5, 0.6) is 0 Å². The molecule has 0 aliphatic heterocycles. The minimum Gasteiger partial charge on any atom is -0.454 e. The molecule has 13 rings (SSSR count). The summed E-state index contributed by atoms with van der Waals surface area (Å²) in [5, 5.41) is 7.14. The molecule has 2 heteroatoms. The minimum absolute atomic E-state index is 0.0318. The lowest BCUT2D eigenvalue weighted by Crippen LogP contribution is -2.27. The third-order valence-corrected chi connectivity index (χ3v) is 15.0. The van der Waals surface area contributed by atoms with Gasteiger partial charge in [-0.05, 0) is 136 Å². The molecule has 1 spiro atoms. The van der Waals surface area contributed by atoms with Crippen LogP contribution >= 0.6 is 0 Å². The van der Waals surface area contributed by atoms with E-state index in [4.69, 9.17) is 4.42 Å². The highest BCUT2D eigenvalue weighted by molar-refractivity contribution is 6.21. The molecule has 0 fully saturated rings. The van der Waals surface area contributed by atoms with Gasteiger partial charge in [-0.25, -0.2) is 0 Å². The molecule has 2 aliphatic carbocycles. The number of fused-ring (bicyclic) bond motifs is 16. The predicted octanol–water partition coefficient (Wildman–Crippen LogP) is 18.0. The van der Waals surface area contributed by atoms with Crippen molar-refractivity contribution in [3.63, 3.8) is 0 Å². The molecule has 0 radical (unpaired) electrons. The number of para-hydroxylation sites is 1. The Morgan fingerprint density at radius 2 is 0.910 bits per heavy atom. The molecule has 11 aromatic rings. The second kappa shape index (κ2) is 14.2. The number of benzene rings is 10. The van der Waals surface area contributed by atoms with Crippen LogP contribution in [0, 0.1) is 0 Å². The molecular formula is C65H51NO. The van der Waals surface area contributed by atoms with E-state index in [0.29, 0.717) is 0 Å². The molecule has 0 N–H and O–H groups in total. The number of anilines is 3. The Kier molecular flexibility index (Phi) is 8.38. The fourth-order valence-electron chi connectivity index (χ4n) is 11.7. The molecular weight excluding hydrogens is 811 g/mol. The molecule has 2 aliphatic rings. The summed E-state index contributed by atoms with van der Waals surface area (Å²) < 4.78 is 7.03. The molecule has 2 nitrogen and oxygen atoms in total. The van der Waals surface area contributed by atoms with Crippen LogP contribution in [0.4, 0.5) is 17.1 Å². The highest BCUT2D eigenvalue weighted by atomic mass is 16.3. The number of nitrogens with zero attached hydrogens (tertiary/aromatic N) is 1. The molecule has 1 aromatic heterocycles. The highest BCUT2D eigenvalue weighted by Gasteiger charge is 2.52. The zero-order valence-electron chi connectivity index (χ0n) is 38.9. The maximum atomic E-state index is 7.03. The Morgan fingerprint density at radius 3 is 1.61 bits per heavy atom. The molecule has 1 heterocycles. The van der Waals surface area contributed by atoms with Crippen molar-refractivity contribution in [2.24, 2.45) is 0 Å². The van der Waals surface area contributed by atoms with Crippen molar-refractivity contribution in [2.75, 3.05) is 4.90 Å². The first-order valence-electron chi connectivity index (χ1n) is 23.7. The van der Waals surface area contributed by atoms with Crippen molar-refractivity contribution in [2.45, 2.75) is 57.8 Å².